The Morgan fingerprint density at radius 3 is 2.87 bits per heavy atom. The van der Waals surface area contributed by atoms with Gasteiger partial charge in [-0.05, 0) is 31.9 Å². The maximum atomic E-state index is 13.8. The van der Waals surface area contributed by atoms with Gasteiger partial charge in [0.25, 0.3) is 0 Å². The number of rotatable bonds is 4. The van der Waals surface area contributed by atoms with Gasteiger partial charge in [0, 0.05) is 19.1 Å². The largest absolute Gasteiger partial charge is 0.450 e. The molecule has 1 saturated heterocycles. The Bertz CT molecular complexity index is 681. The molecule has 1 aromatic rings. The van der Waals surface area contributed by atoms with Crippen molar-refractivity contribution in [2.24, 2.45) is 0 Å². The topological polar surface area (TPSA) is 75.7 Å². The highest BCUT2D eigenvalue weighted by molar-refractivity contribution is 7.89. The van der Waals surface area contributed by atoms with Gasteiger partial charge in [-0.3, -0.25) is 0 Å². The average molecular weight is 348 g/mol. The molecule has 0 spiro atoms. The minimum atomic E-state index is -4.17. The molecular weight excluding hydrogens is 330 g/mol. The van der Waals surface area contributed by atoms with Gasteiger partial charge in [0.15, 0.2) is 11.6 Å². The molecule has 1 amide bonds. The van der Waals surface area contributed by atoms with Gasteiger partial charge in [-0.15, -0.1) is 0 Å². The quantitative estimate of drug-likeness (QED) is 0.901. The van der Waals surface area contributed by atoms with Crippen LogP contribution in [0.3, 0.4) is 0 Å². The summed E-state index contributed by atoms with van der Waals surface area (Å²) in [5.41, 5.74) is 0. The lowest BCUT2D eigenvalue weighted by atomic mass is 10.1. The highest BCUT2D eigenvalue weighted by Gasteiger charge is 2.33. The number of nitrogens with one attached hydrogen (secondary N) is 1. The molecule has 0 radical (unpaired) electrons. The van der Waals surface area contributed by atoms with E-state index < -0.39 is 38.7 Å². The fourth-order valence-corrected chi connectivity index (χ4v) is 4.04. The van der Waals surface area contributed by atoms with E-state index in [1.807, 2.05) is 0 Å². The molecule has 6 nitrogen and oxygen atoms in total. The van der Waals surface area contributed by atoms with Crippen molar-refractivity contribution in [1.82, 2.24) is 9.62 Å². The van der Waals surface area contributed by atoms with Gasteiger partial charge in [-0.2, -0.15) is 4.31 Å². The molecule has 1 heterocycles. The Morgan fingerprint density at radius 2 is 2.17 bits per heavy atom. The van der Waals surface area contributed by atoms with Crippen LogP contribution in [0.4, 0.5) is 13.6 Å². The predicted molar refractivity (Wildman–Crippen MR) is 78.3 cm³/mol. The molecule has 9 heteroatoms. The third kappa shape index (κ3) is 3.97. The number of ether oxygens (including phenoxy) is 1. The number of sulfonamides is 1. The molecule has 2 rings (SSSR count). The van der Waals surface area contributed by atoms with Crippen LogP contribution in [0.1, 0.15) is 19.8 Å². The van der Waals surface area contributed by atoms with Crippen LogP contribution in [-0.2, 0) is 14.8 Å². The Balaban J connectivity index is 2.16. The van der Waals surface area contributed by atoms with Crippen LogP contribution in [0.2, 0.25) is 0 Å². The Labute approximate surface area is 133 Å². The lowest BCUT2D eigenvalue weighted by molar-refractivity contribution is 0.142. The Morgan fingerprint density at radius 1 is 1.43 bits per heavy atom. The predicted octanol–water partition coefficient (Wildman–Crippen LogP) is 1.86. The number of nitrogens with zero attached hydrogens (tertiary/aromatic N) is 1. The minimum Gasteiger partial charge on any atom is -0.450 e. The normalized spacial score (nSPS) is 19.3. The number of hydrogen-bond acceptors (Lipinski definition) is 4. The van der Waals surface area contributed by atoms with E-state index in [9.17, 15) is 22.0 Å². The first-order valence-electron chi connectivity index (χ1n) is 7.23. The van der Waals surface area contributed by atoms with Gasteiger partial charge in [0.1, 0.15) is 4.90 Å². The van der Waals surface area contributed by atoms with Crippen LogP contribution >= 0.6 is 0 Å². The molecule has 0 aliphatic carbocycles. The van der Waals surface area contributed by atoms with E-state index in [0.29, 0.717) is 12.8 Å². The van der Waals surface area contributed by atoms with Crippen molar-refractivity contribution >= 4 is 16.1 Å². The maximum absolute atomic E-state index is 13.8. The van der Waals surface area contributed by atoms with Crippen LogP contribution in [0.5, 0.6) is 0 Å². The van der Waals surface area contributed by atoms with Gasteiger partial charge in [0.2, 0.25) is 10.0 Å². The zero-order valence-electron chi connectivity index (χ0n) is 12.6. The second kappa shape index (κ2) is 7.22. The second-order valence-corrected chi connectivity index (χ2v) is 7.03. The van der Waals surface area contributed by atoms with E-state index in [1.54, 1.807) is 6.92 Å². The Kier molecular flexibility index (Phi) is 5.53. The molecule has 1 aliphatic rings. The number of amides is 1. The maximum Gasteiger partial charge on any atom is 0.407 e. The van der Waals surface area contributed by atoms with Gasteiger partial charge >= 0.3 is 6.09 Å². The lowest BCUT2D eigenvalue weighted by Crippen LogP contribution is -2.49. The van der Waals surface area contributed by atoms with Crippen LogP contribution in [0.25, 0.3) is 0 Å². The van der Waals surface area contributed by atoms with Crippen molar-refractivity contribution in [2.75, 3.05) is 19.7 Å². The zero-order chi connectivity index (χ0) is 17.0. The molecule has 1 N–H and O–H groups in total. The Hall–Kier alpha value is -1.74. The summed E-state index contributed by atoms with van der Waals surface area (Å²) in [6.45, 7) is 2.02. The monoisotopic (exact) mass is 348 g/mol. The van der Waals surface area contributed by atoms with E-state index in [0.717, 1.165) is 22.5 Å². The van der Waals surface area contributed by atoms with Crippen LogP contribution in [-0.4, -0.2) is 44.6 Å². The molecule has 1 aliphatic heterocycles. The van der Waals surface area contributed by atoms with Crippen molar-refractivity contribution in [3.63, 3.8) is 0 Å². The van der Waals surface area contributed by atoms with Crippen molar-refractivity contribution in [3.8, 4) is 0 Å². The first-order chi connectivity index (χ1) is 10.9. The fraction of sp³-hybridized carbons (Fsp3) is 0.500. The standard InChI is InChI=1S/C14H18F2N2O4S/c1-2-22-14(19)17-10-5-4-8-18(9-10)23(20,21)12-7-3-6-11(15)13(12)16/h3,6-7,10H,2,4-5,8-9H2,1H3,(H,17,19)/t10-/m0/s1. The molecular formula is C14H18F2N2O4S. The average Bonchev–Trinajstić information content (AvgIpc) is 2.50. The van der Waals surface area contributed by atoms with Crippen molar-refractivity contribution in [2.45, 2.75) is 30.7 Å². The van der Waals surface area contributed by atoms with Crippen LogP contribution in [0.15, 0.2) is 23.1 Å². The number of benzene rings is 1. The summed E-state index contributed by atoms with van der Waals surface area (Å²) >= 11 is 0. The van der Waals surface area contributed by atoms with E-state index in [2.05, 4.69) is 5.32 Å². The van der Waals surface area contributed by atoms with Gasteiger partial charge < -0.3 is 10.1 Å². The van der Waals surface area contributed by atoms with Crippen LogP contribution in [0, 0.1) is 11.6 Å². The summed E-state index contributed by atoms with van der Waals surface area (Å²) in [4.78, 5) is 10.7. The highest BCUT2D eigenvalue weighted by Crippen LogP contribution is 2.24. The molecule has 0 unspecified atom stereocenters. The summed E-state index contributed by atoms with van der Waals surface area (Å²) in [5.74, 6) is -2.61. The van der Waals surface area contributed by atoms with E-state index in [1.165, 1.54) is 0 Å². The van der Waals surface area contributed by atoms with Crippen molar-refractivity contribution < 1.29 is 26.7 Å². The minimum absolute atomic E-state index is 0.0168. The summed E-state index contributed by atoms with van der Waals surface area (Å²) in [6.07, 6.45) is 0.442. The molecule has 0 aromatic heterocycles. The van der Waals surface area contributed by atoms with Gasteiger partial charge in [0.05, 0.1) is 6.61 Å². The summed E-state index contributed by atoms with van der Waals surface area (Å²) < 4.78 is 57.9. The number of alkyl carbamates (subject to hydrolysis) is 1. The fourth-order valence-electron chi connectivity index (χ4n) is 2.44. The highest BCUT2D eigenvalue weighted by atomic mass is 32.2. The number of carbonyl (C=O) groups excluding carboxylic acids is 1. The number of halogens is 2. The molecule has 1 aromatic carbocycles. The van der Waals surface area contributed by atoms with Crippen molar-refractivity contribution in [1.29, 1.82) is 0 Å². The second-order valence-electron chi connectivity index (χ2n) is 5.12. The van der Waals surface area contributed by atoms with Crippen molar-refractivity contribution in [3.05, 3.63) is 29.8 Å². The summed E-state index contributed by atoms with van der Waals surface area (Å²) in [6, 6.07) is 2.59. The third-order valence-corrected chi connectivity index (χ3v) is 5.40. The SMILES string of the molecule is CCOC(=O)N[C@H]1CCCN(S(=O)(=O)c2cccc(F)c2F)C1. The summed E-state index contributed by atoms with van der Waals surface area (Å²) in [5, 5.41) is 2.56. The third-order valence-electron chi connectivity index (χ3n) is 3.52. The first kappa shape index (κ1) is 17.6. The first-order valence-corrected chi connectivity index (χ1v) is 8.67. The van der Waals surface area contributed by atoms with Crippen LogP contribution < -0.4 is 5.32 Å². The number of piperidine rings is 1. The lowest BCUT2D eigenvalue weighted by Gasteiger charge is -2.32. The van der Waals surface area contributed by atoms with E-state index in [4.69, 9.17) is 4.74 Å². The molecule has 1 atom stereocenters. The molecule has 0 bridgehead atoms. The molecule has 0 saturated carbocycles. The van der Waals surface area contributed by atoms with Gasteiger partial charge in [-0.1, -0.05) is 6.07 Å². The zero-order valence-corrected chi connectivity index (χ0v) is 13.4. The molecule has 1 fully saturated rings. The number of carbonyl (C=O) groups is 1. The van der Waals surface area contributed by atoms with E-state index in [-0.39, 0.29) is 19.7 Å². The molecule has 128 valence electrons. The molecule has 23 heavy (non-hydrogen) atoms. The smallest absolute Gasteiger partial charge is 0.407 e. The van der Waals surface area contributed by atoms with Gasteiger partial charge in [-0.25, -0.2) is 22.0 Å². The summed E-state index contributed by atoms with van der Waals surface area (Å²) in [7, 11) is -4.17. The van der Waals surface area contributed by atoms with E-state index >= 15 is 0 Å². The number of hydrogen-bond donors (Lipinski definition) is 1.